The molecule has 446 valence electrons. The summed E-state index contributed by atoms with van der Waals surface area (Å²) < 4.78 is 16.8. The molecule has 0 bridgehead atoms. The average Bonchev–Trinajstić information content (AvgIpc) is 3.43. The number of hydrogen-bond acceptors (Lipinski definition) is 6. The lowest BCUT2D eigenvalue weighted by molar-refractivity contribution is -0.167. The summed E-state index contributed by atoms with van der Waals surface area (Å²) in [4.78, 5) is 38.1. The van der Waals surface area contributed by atoms with Crippen molar-refractivity contribution in [3.8, 4) is 0 Å². The minimum Gasteiger partial charge on any atom is -0.462 e. The molecule has 0 saturated heterocycles. The largest absolute Gasteiger partial charge is 0.462 e. The summed E-state index contributed by atoms with van der Waals surface area (Å²) in [5.74, 6) is -0.871. The Balaban J connectivity index is 3.96. The van der Waals surface area contributed by atoms with Gasteiger partial charge >= 0.3 is 17.9 Å². The lowest BCUT2D eigenvalue weighted by Crippen LogP contribution is -2.30. The molecule has 6 nitrogen and oxygen atoms in total. The fourth-order valence-electron chi connectivity index (χ4n) is 9.70. The smallest absolute Gasteiger partial charge is 0.306 e. The van der Waals surface area contributed by atoms with Crippen LogP contribution in [0.25, 0.3) is 0 Å². The van der Waals surface area contributed by atoms with Gasteiger partial charge in [-0.2, -0.15) is 0 Å². The van der Waals surface area contributed by atoms with Gasteiger partial charge in [0.05, 0.1) is 0 Å². The molecule has 0 spiro atoms. The van der Waals surface area contributed by atoms with Crippen LogP contribution < -0.4 is 0 Å². The SMILES string of the molecule is CC/C=C\C/C=C\C/C=C\C/C=C\CCCCCCCCCCCCCCCCCCCCCCCCC(=O)OCC(COC(=O)CCCCCCCCC)OC(=O)CCCCCCCCC/C=C\C/C=C\CCCCC. The summed E-state index contributed by atoms with van der Waals surface area (Å²) >= 11 is 0. The van der Waals surface area contributed by atoms with Gasteiger partial charge in [0.25, 0.3) is 0 Å². The molecule has 0 rings (SSSR count). The molecule has 0 saturated carbocycles. The van der Waals surface area contributed by atoms with E-state index in [9.17, 15) is 14.4 Å². The topological polar surface area (TPSA) is 78.9 Å². The Hall–Kier alpha value is -3.15. The molecule has 0 amide bonds. The van der Waals surface area contributed by atoms with Crippen LogP contribution in [0.5, 0.6) is 0 Å². The Morgan fingerprint density at radius 1 is 0.273 bits per heavy atom. The first-order chi connectivity index (χ1) is 38.0. The Bertz CT molecular complexity index is 1420. The highest BCUT2D eigenvalue weighted by molar-refractivity contribution is 5.71. The van der Waals surface area contributed by atoms with Gasteiger partial charge in [-0.3, -0.25) is 14.4 Å². The lowest BCUT2D eigenvalue weighted by atomic mass is 10.0. The van der Waals surface area contributed by atoms with E-state index in [-0.39, 0.29) is 31.1 Å². The van der Waals surface area contributed by atoms with Crippen LogP contribution in [0.3, 0.4) is 0 Å². The highest BCUT2D eigenvalue weighted by Gasteiger charge is 2.19. The van der Waals surface area contributed by atoms with Gasteiger partial charge in [0.1, 0.15) is 13.2 Å². The summed E-state index contributed by atoms with van der Waals surface area (Å²) in [6, 6.07) is 0. The zero-order valence-corrected chi connectivity index (χ0v) is 51.2. The fraction of sp³-hybridized carbons (Fsp3) is 0.789. The number of carbonyl (C=O) groups is 3. The predicted octanol–water partition coefficient (Wildman–Crippen LogP) is 22.9. The van der Waals surface area contributed by atoms with Gasteiger partial charge in [-0.15, -0.1) is 0 Å². The maximum absolute atomic E-state index is 12.8. The third kappa shape index (κ3) is 63.6. The second-order valence-electron chi connectivity index (χ2n) is 22.4. The zero-order valence-electron chi connectivity index (χ0n) is 51.2. The average molecular weight is 1080 g/mol. The Morgan fingerprint density at radius 2 is 0.506 bits per heavy atom. The van der Waals surface area contributed by atoms with Gasteiger partial charge in [-0.05, 0) is 89.9 Å². The first-order valence-corrected chi connectivity index (χ1v) is 33.4. The third-order valence-electron chi connectivity index (χ3n) is 14.7. The number of allylic oxidation sites excluding steroid dienone is 12. The second kappa shape index (κ2) is 65.4. The number of esters is 3. The van der Waals surface area contributed by atoms with Gasteiger partial charge in [0.15, 0.2) is 6.10 Å². The lowest BCUT2D eigenvalue weighted by Gasteiger charge is -2.18. The maximum Gasteiger partial charge on any atom is 0.306 e. The van der Waals surface area contributed by atoms with Crippen LogP contribution in [0.1, 0.15) is 342 Å². The van der Waals surface area contributed by atoms with Crippen molar-refractivity contribution in [2.75, 3.05) is 13.2 Å². The monoisotopic (exact) mass is 1070 g/mol. The fourth-order valence-corrected chi connectivity index (χ4v) is 9.70. The molecule has 0 aliphatic carbocycles. The number of hydrogen-bond donors (Lipinski definition) is 0. The van der Waals surface area contributed by atoms with E-state index in [1.165, 1.54) is 205 Å². The van der Waals surface area contributed by atoms with E-state index < -0.39 is 6.10 Å². The van der Waals surface area contributed by atoms with E-state index >= 15 is 0 Å². The molecular weight excluding hydrogens is 949 g/mol. The summed E-state index contributed by atoms with van der Waals surface area (Å²) in [5.41, 5.74) is 0. The van der Waals surface area contributed by atoms with Crippen LogP contribution in [0, 0.1) is 0 Å². The quantitative estimate of drug-likeness (QED) is 0.0261. The number of rotatable bonds is 61. The molecule has 0 radical (unpaired) electrons. The third-order valence-corrected chi connectivity index (χ3v) is 14.7. The molecule has 0 aromatic carbocycles. The van der Waals surface area contributed by atoms with Crippen LogP contribution in [0.4, 0.5) is 0 Å². The predicted molar refractivity (Wildman–Crippen MR) is 335 cm³/mol. The number of ether oxygens (including phenoxy) is 3. The van der Waals surface area contributed by atoms with E-state index in [0.29, 0.717) is 19.3 Å². The van der Waals surface area contributed by atoms with Crippen molar-refractivity contribution in [3.05, 3.63) is 72.9 Å². The van der Waals surface area contributed by atoms with Crippen molar-refractivity contribution >= 4 is 17.9 Å². The first kappa shape index (κ1) is 73.8. The van der Waals surface area contributed by atoms with Crippen molar-refractivity contribution in [1.29, 1.82) is 0 Å². The summed E-state index contributed by atoms with van der Waals surface area (Å²) in [6.07, 6.45) is 85.3. The van der Waals surface area contributed by atoms with Crippen molar-refractivity contribution in [2.24, 2.45) is 0 Å². The molecule has 77 heavy (non-hydrogen) atoms. The Labute approximate surface area is 478 Å². The van der Waals surface area contributed by atoms with Gasteiger partial charge in [0, 0.05) is 19.3 Å². The highest BCUT2D eigenvalue weighted by atomic mass is 16.6. The molecule has 0 fully saturated rings. The van der Waals surface area contributed by atoms with Crippen LogP contribution in [0.2, 0.25) is 0 Å². The molecule has 1 atom stereocenters. The molecule has 6 heteroatoms. The Morgan fingerprint density at radius 3 is 0.818 bits per heavy atom. The van der Waals surface area contributed by atoms with Crippen molar-refractivity contribution in [2.45, 2.75) is 348 Å². The summed E-state index contributed by atoms with van der Waals surface area (Å²) in [5, 5.41) is 0. The molecule has 0 aromatic rings. The van der Waals surface area contributed by atoms with Crippen molar-refractivity contribution in [3.63, 3.8) is 0 Å². The molecule has 0 N–H and O–H groups in total. The van der Waals surface area contributed by atoms with E-state index in [2.05, 4.69) is 93.7 Å². The first-order valence-electron chi connectivity index (χ1n) is 33.4. The van der Waals surface area contributed by atoms with Crippen LogP contribution in [0.15, 0.2) is 72.9 Å². The minimum absolute atomic E-state index is 0.0733. The van der Waals surface area contributed by atoms with Crippen molar-refractivity contribution in [1.82, 2.24) is 0 Å². The maximum atomic E-state index is 12.8. The standard InChI is InChI=1S/C71H126O6/c1-4-7-10-13-16-18-20-22-24-26-27-28-29-30-31-32-33-34-35-36-37-38-39-40-41-42-43-45-46-48-50-52-55-58-61-64-70(73)76-67-68(66-75-69(72)63-60-57-54-15-12-9-6-3)77-71(74)65-62-59-56-53-51-49-47-44-25-23-21-19-17-14-11-8-5-2/h7,10,16-19,22-25,27-28,68H,4-6,8-9,11-15,20-21,26,29-67H2,1-3H3/b10-7-,18-16-,19-17-,24-22-,25-23-,28-27-. The van der Waals surface area contributed by atoms with E-state index in [4.69, 9.17) is 14.2 Å². The zero-order chi connectivity index (χ0) is 55.7. The van der Waals surface area contributed by atoms with Gasteiger partial charge in [-0.1, -0.05) is 306 Å². The van der Waals surface area contributed by atoms with E-state index in [0.717, 1.165) is 96.3 Å². The Kier molecular flexibility index (Phi) is 62.7. The molecule has 0 aliphatic heterocycles. The number of carbonyl (C=O) groups excluding carboxylic acids is 3. The normalized spacial score (nSPS) is 12.5. The molecular formula is C71H126O6. The van der Waals surface area contributed by atoms with E-state index in [1.54, 1.807) is 0 Å². The van der Waals surface area contributed by atoms with Crippen LogP contribution >= 0.6 is 0 Å². The van der Waals surface area contributed by atoms with Gasteiger partial charge in [0.2, 0.25) is 0 Å². The van der Waals surface area contributed by atoms with Crippen LogP contribution in [-0.2, 0) is 28.6 Å². The molecule has 0 aromatic heterocycles. The van der Waals surface area contributed by atoms with Crippen molar-refractivity contribution < 1.29 is 28.6 Å². The molecule has 1 unspecified atom stereocenters. The minimum atomic E-state index is -0.774. The van der Waals surface area contributed by atoms with Crippen LogP contribution in [-0.4, -0.2) is 37.2 Å². The molecule has 0 heterocycles. The second-order valence-corrected chi connectivity index (χ2v) is 22.4. The highest BCUT2D eigenvalue weighted by Crippen LogP contribution is 2.18. The number of unbranched alkanes of at least 4 members (excludes halogenated alkanes) is 38. The summed E-state index contributed by atoms with van der Waals surface area (Å²) in [7, 11) is 0. The summed E-state index contributed by atoms with van der Waals surface area (Å²) in [6.45, 7) is 6.49. The van der Waals surface area contributed by atoms with Gasteiger partial charge < -0.3 is 14.2 Å². The van der Waals surface area contributed by atoms with E-state index in [1.807, 2.05) is 0 Å². The molecule has 0 aliphatic rings. The van der Waals surface area contributed by atoms with Gasteiger partial charge in [-0.25, -0.2) is 0 Å².